The summed E-state index contributed by atoms with van der Waals surface area (Å²) in [4.78, 5) is 23.1. The number of hydrogen-bond acceptors (Lipinski definition) is 6. The molecule has 3 aromatic rings. The van der Waals surface area contributed by atoms with Gasteiger partial charge in [-0.25, -0.2) is 24.0 Å². The zero-order valence-electron chi connectivity index (χ0n) is 16.7. The average molecular weight is 383 g/mol. The zero-order valence-corrected chi connectivity index (χ0v) is 16.7. The van der Waals surface area contributed by atoms with Crippen LogP contribution in [0.5, 0.6) is 0 Å². The molecule has 9 heteroatoms. The summed E-state index contributed by atoms with van der Waals surface area (Å²) in [6, 6.07) is 2.02. The quantitative estimate of drug-likeness (QED) is 0.676. The van der Waals surface area contributed by atoms with Crippen LogP contribution in [0.2, 0.25) is 0 Å². The second-order valence-corrected chi connectivity index (χ2v) is 8.10. The van der Waals surface area contributed by atoms with Crippen molar-refractivity contribution in [1.29, 1.82) is 0 Å². The Labute approximate surface area is 163 Å². The lowest BCUT2D eigenvalue weighted by atomic mass is 10.1. The first-order chi connectivity index (χ1) is 13.3. The van der Waals surface area contributed by atoms with E-state index in [0.717, 1.165) is 29.9 Å². The Morgan fingerprint density at radius 2 is 2.00 bits per heavy atom. The lowest BCUT2D eigenvalue weighted by Gasteiger charge is -2.33. The van der Waals surface area contributed by atoms with Crippen molar-refractivity contribution in [2.45, 2.75) is 52.2 Å². The molecule has 0 spiro atoms. The molecule has 0 aromatic carbocycles. The number of piperidine rings is 1. The molecule has 9 nitrogen and oxygen atoms in total. The monoisotopic (exact) mass is 383 g/mol. The van der Waals surface area contributed by atoms with Crippen LogP contribution in [0.1, 0.15) is 45.5 Å². The van der Waals surface area contributed by atoms with Gasteiger partial charge >= 0.3 is 6.09 Å². The number of fused-ring (bicyclic) bond motifs is 1. The second kappa shape index (κ2) is 6.88. The first-order valence-corrected chi connectivity index (χ1v) is 9.51. The van der Waals surface area contributed by atoms with Crippen molar-refractivity contribution in [3.05, 3.63) is 30.5 Å². The fourth-order valence-corrected chi connectivity index (χ4v) is 3.43. The predicted octanol–water partition coefficient (Wildman–Crippen LogP) is 2.87. The Hall–Kier alpha value is -2.97. The highest BCUT2D eigenvalue weighted by Crippen LogP contribution is 2.28. The molecule has 0 atom stereocenters. The highest BCUT2D eigenvalue weighted by molar-refractivity contribution is 5.68. The Bertz CT molecular complexity index is 993. The summed E-state index contributed by atoms with van der Waals surface area (Å²) in [5.41, 5.74) is 1.17. The summed E-state index contributed by atoms with van der Waals surface area (Å²) in [7, 11) is 0. The van der Waals surface area contributed by atoms with Gasteiger partial charge in [-0.1, -0.05) is 0 Å². The molecule has 1 amide bonds. The minimum Gasteiger partial charge on any atom is -0.444 e. The van der Waals surface area contributed by atoms with E-state index in [1.54, 1.807) is 21.8 Å². The molecule has 0 radical (unpaired) electrons. The first-order valence-electron chi connectivity index (χ1n) is 9.51. The summed E-state index contributed by atoms with van der Waals surface area (Å²) < 4.78 is 9.18. The molecule has 0 saturated carbocycles. The van der Waals surface area contributed by atoms with E-state index >= 15 is 0 Å². The van der Waals surface area contributed by atoms with E-state index < -0.39 is 5.60 Å². The van der Waals surface area contributed by atoms with Gasteiger partial charge in [0.15, 0.2) is 11.5 Å². The van der Waals surface area contributed by atoms with Gasteiger partial charge in [0.1, 0.15) is 11.4 Å². The Morgan fingerprint density at radius 3 is 2.71 bits per heavy atom. The van der Waals surface area contributed by atoms with E-state index in [9.17, 15) is 4.79 Å². The van der Waals surface area contributed by atoms with Crippen molar-refractivity contribution in [1.82, 2.24) is 34.3 Å². The number of carbonyl (C=O) groups excluding carboxylic acids is 1. The van der Waals surface area contributed by atoms with Crippen LogP contribution in [-0.2, 0) is 4.74 Å². The van der Waals surface area contributed by atoms with Crippen molar-refractivity contribution in [2.24, 2.45) is 0 Å². The number of likely N-dealkylation sites (tertiary alicyclic amines) is 1. The molecule has 1 fully saturated rings. The fraction of sp³-hybridized carbons (Fsp3) is 0.526. The summed E-state index contributed by atoms with van der Waals surface area (Å²) in [5, 5.41) is 8.87. The molecule has 3 aromatic heterocycles. The van der Waals surface area contributed by atoms with Gasteiger partial charge in [-0.05, 0) is 40.5 Å². The third-order valence-corrected chi connectivity index (χ3v) is 4.70. The number of carbonyl (C=O) groups is 1. The van der Waals surface area contributed by atoms with Crippen LogP contribution in [0, 0.1) is 6.92 Å². The van der Waals surface area contributed by atoms with E-state index in [4.69, 9.17) is 4.74 Å². The molecule has 0 N–H and O–H groups in total. The van der Waals surface area contributed by atoms with Gasteiger partial charge in [-0.2, -0.15) is 10.2 Å². The third kappa shape index (κ3) is 3.69. The maximum absolute atomic E-state index is 12.3. The summed E-state index contributed by atoms with van der Waals surface area (Å²) in [5.74, 6) is 1.49. The Morgan fingerprint density at radius 1 is 1.25 bits per heavy atom. The van der Waals surface area contributed by atoms with Gasteiger partial charge in [0.2, 0.25) is 0 Å². The molecule has 1 aliphatic rings. The highest BCUT2D eigenvalue weighted by Gasteiger charge is 2.29. The van der Waals surface area contributed by atoms with Crippen molar-refractivity contribution in [2.75, 3.05) is 13.1 Å². The maximum Gasteiger partial charge on any atom is 0.410 e. The van der Waals surface area contributed by atoms with Gasteiger partial charge in [0.05, 0.1) is 17.8 Å². The molecular weight excluding hydrogens is 358 g/mol. The van der Waals surface area contributed by atoms with E-state index in [0.29, 0.717) is 18.9 Å². The normalized spacial score (nSPS) is 15.9. The largest absolute Gasteiger partial charge is 0.444 e. The molecule has 0 aliphatic carbocycles. The van der Waals surface area contributed by atoms with Crippen molar-refractivity contribution >= 4 is 11.7 Å². The zero-order chi connectivity index (χ0) is 19.9. The van der Waals surface area contributed by atoms with Gasteiger partial charge in [0, 0.05) is 31.5 Å². The van der Waals surface area contributed by atoms with Crippen LogP contribution in [0.15, 0.2) is 24.7 Å². The van der Waals surface area contributed by atoms with E-state index in [-0.39, 0.29) is 12.1 Å². The van der Waals surface area contributed by atoms with Crippen LogP contribution in [-0.4, -0.2) is 59.0 Å². The Balaban J connectivity index is 1.52. The van der Waals surface area contributed by atoms with Crippen molar-refractivity contribution < 1.29 is 9.53 Å². The van der Waals surface area contributed by atoms with Crippen LogP contribution < -0.4 is 0 Å². The highest BCUT2D eigenvalue weighted by atomic mass is 16.6. The summed E-state index contributed by atoms with van der Waals surface area (Å²) in [6.07, 6.45) is 6.77. The summed E-state index contributed by atoms with van der Waals surface area (Å²) in [6.45, 7) is 8.80. The fourth-order valence-electron chi connectivity index (χ4n) is 3.43. The van der Waals surface area contributed by atoms with Gasteiger partial charge < -0.3 is 9.64 Å². The number of rotatable bonds is 2. The molecule has 4 heterocycles. The Kier molecular flexibility index (Phi) is 4.52. The lowest BCUT2D eigenvalue weighted by molar-refractivity contribution is 0.0185. The minimum atomic E-state index is -0.484. The number of aryl methyl sites for hydroxylation is 1. The smallest absolute Gasteiger partial charge is 0.410 e. The van der Waals surface area contributed by atoms with Crippen LogP contribution in [0.25, 0.3) is 17.0 Å². The summed E-state index contributed by atoms with van der Waals surface area (Å²) >= 11 is 0. The molecule has 1 aliphatic heterocycles. The number of nitrogens with zero attached hydrogens (tertiary/aromatic N) is 7. The maximum atomic E-state index is 12.3. The van der Waals surface area contributed by atoms with E-state index in [2.05, 4.69) is 20.2 Å². The second-order valence-electron chi connectivity index (χ2n) is 8.10. The molecule has 0 unspecified atom stereocenters. The van der Waals surface area contributed by atoms with Crippen LogP contribution >= 0.6 is 0 Å². The minimum absolute atomic E-state index is 0.170. The lowest BCUT2D eigenvalue weighted by Crippen LogP contribution is -2.42. The van der Waals surface area contributed by atoms with Crippen LogP contribution in [0.4, 0.5) is 4.79 Å². The SMILES string of the molecule is Cc1nc(-c2cnc3ccnn3c2)n(C2CCN(C(=O)OC(C)(C)C)CC2)n1. The van der Waals surface area contributed by atoms with Crippen LogP contribution in [0.3, 0.4) is 0 Å². The number of ether oxygens (including phenoxy) is 1. The molecule has 0 bridgehead atoms. The average Bonchev–Trinajstić information content (AvgIpc) is 3.26. The predicted molar refractivity (Wildman–Crippen MR) is 103 cm³/mol. The molecule has 28 heavy (non-hydrogen) atoms. The van der Waals surface area contributed by atoms with Crippen molar-refractivity contribution in [3.8, 4) is 11.4 Å². The van der Waals surface area contributed by atoms with Gasteiger partial charge in [-0.3, -0.25) is 0 Å². The van der Waals surface area contributed by atoms with E-state index in [1.165, 1.54) is 0 Å². The van der Waals surface area contributed by atoms with Gasteiger partial charge in [-0.15, -0.1) is 0 Å². The number of aromatic nitrogens is 6. The topological polar surface area (TPSA) is 90.4 Å². The standard InChI is InChI=1S/C19H25N7O2/c1-13-22-17(14-11-20-16-5-8-21-25(16)12-14)26(23-13)15-6-9-24(10-7-15)18(27)28-19(2,3)4/h5,8,11-12,15H,6-7,9-10H2,1-4H3. The number of amides is 1. The molecule has 1 saturated heterocycles. The molecular formula is C19H25N7O2. The third-order valence-electron chi connectivity index (χ3n) is 4.70. The molecule has 4 rings (SSSR count). The first kappa shape index (κ1) is 18.4. The van der Waals surface area contributed by atoms with E-state index in [1.807, 2.05) is 44.6 Å². The number of hydrogen-bond donors (Lipinski definition) is 0. The van der Waals surface area contributed by atoms with Crippen molar-refractivity contribution in [3.63, 3.8) is 0 Å². The molecule has 148 valence electrons. The van der Waals surface area contributed by atoms with Gasteiger partial charge in [0.25, 0.3) is 0 Å².